The molecule has 3 rings (SSSR count). The zero-order valence-electron chi connectivity index (χ0n) is 10.3. The minimum absolute atomic E-state index is 0.144. The van der Waals surface area contributed by atoms with Crippen LogP contribution in [0, 0.1) is 5.92 Å². The maximum absolute atomic E-state index is 12.1. The van der Waals surface area contributed by atoms with Crippen LogP contribution in [0.25, 0.3) is 0 Å². The van der Waals surface area contributed by atoms with Gasteiger partial charge in [0.05, 0.1) is 0 Å². The van der Waals surface area contributed by atoms with Crippen molar-refractivity contribution in [3.8, 4) is 0 Å². The van der Waals surface area contributed by atoms with Crippen LogP contribution in [-0.4, -0.2) is 20.5 Å². The van der Waals surface area contributed by atoms with Gasteiger partial charge in [0.15, 0.2) is 0 Å². The Morgan fingerprint density at radius 1 is 1.39 bits per heavy atom. The molecule has 2 aliphatic rings. The summed E-state index contributed by atoms with van der Waals surface area (Å²) in [6.07, 6.45) is 3.45. The predicted octanol–water partition coefficient (Wildman–Crippen LogP) is 1.69. The van der Waals surface area contributed by atoms with Crippen LogP contribution in [0.4, 0.5) is 0 Å². The van der Waals surface area contributed by atoms with E-state index in [-0.39, 0.29) is 6.04 Å². The maximum atomic E-state index is 12.1. The van der Waals surface area contributed by atoms with E-state index in [1.165, 1.54) is 24.2 Å². The SMILES string of the molecule is CC1CC1NS(=O)(=O)c1ccc(CNC2CC2)s1. The second-order valence-electron chi connectivity index (χ2n) is 5.32. The van der Waals surface area contributed by atoms with Crippen LogP contribution >= 0.6 is 11.3 Å². The van der Waals surface area contributed by atoms with Crippen molar-refractivity contribution in [2.75, 3.05) is 0 Å². The summed E-state index contributed by atoms with van der Waals surface area (Å²) < 4.78 is 27.3. The van der Waals surface area contributed by atoms with Gasteiger partial charge in [-0.3, -0.25) is 0 Å². The van der Waals surface area contributed by atoms with Crippen LogP contribution < -0.4 is 10.0 Å². The average Bonchev–Trinajstić information content (AvgIpc) is 3.19. The van der Waals surface area contributed by atoms with E-state index in [1.807, 2.05) is 6.07 Å². The van der Waals surface area contributed by atoms with Gasteiger partial charge < -0.3 is 5.32 Å². The molecule has 2 fully saturated rings. The Kier molecular flexibility index (Phi) is 3.21. The summed E-state index contributed by atoms with van der Waals surface area (Å²) in [5, 5.41) is 3.39. The zero-order chi connectivity index (χ0) is 12.8. The third kappa shape index (κ3) is 2.93. The molecule has 0 bridgehead atoms. The van der Waals surface area contributed by atoms with Crippen LogP contribution in [0.3, 0.4) is 0 Å². The first kappa shape index (κ1) is 12.6. The van der Waals surface area contributed by atoms with Gasteiger partial charge in [-0.05, 0) is 37.3 Å². The maximum Gasteiger partial charge on any atom is 0.250 e. The molecule has 0 aliphatic heterocycles. The standard InChI is InChI=1S/C12H18N2O2S2/c1-8-6-11(8)14-18(15,16)12-5-4-10(17-12)7-13-9-2-3-9/h4-5,8-9,11,13-14H,2-3,6-7H2,1H3. The van der Waals surface area contributed by atoms with Crippen LogP contribution in [0.15, 0.2) is 16.3 Å². The molecule has 0 radical (unpaired) electrons. The molecule has 2 N–H and O–H groups in total. The van der Waals surface area contributed by atoms with Gasteiger partial charge in [-0.1, -0.05) is 6.92 Å². The molecular formula is C12H18N2O2S2. The van der Waals surface area contributed by atoms with Gasteiger partial charge in [-0.15, -0.1) is 11.3 Å². The Morgan fingerprint density at radius 3 is 2.72 bits per heavy atom. The Hall–Kier alpha value is -0.430. The average molecular weight is 286 g/mol. The highest BCUT2D eigenvalue weighted by atomic mass is 32.2. The van der Waals surface area contributed by atoms with Crippen LogP contribution in [0.2, 0.25) is 0 Å². The summed E-state index contributed by atoms with van der Waals surface area (Å²) in [5.74, 6) is 0.482. The Balaban J connectivity index is 1.63. The summed E-state index contributed by atoms with van der Waals surface area (Å²) in [4.78, 5) is 1.09. The quantitative estimate of drug-likeness (QED) is 0.836. The van der Waals surface area contributed by atoms with E-state index in [4.69, 9.17) is 0 Å². The number of rotatable bonds is 6. The fourth-order valence-electron chi connectivity index (χ4n) is 1.87. The van der Waals surface area contributed by atoms with E-state index in [2.05, 4.69) is 17.0 Å². The van der Waals surface area contributed by atoms with Crippen LogP contribution in [0.5, 0.6) is 0 Å². The second kappa shape index (κ2) is 4.59. The molecule has 1 aromatic heterocycles. The molecule has 100 valence electrons. The fraction of sp³-hybridized carbons (Fsp3) is 0.667. The highest BCUT2D eigenvalue weighted by Crippen LogP contribution is 2.32. The molecule has 6 heteroatoms. The lowest BCUT2D eigenvalue weighted by Crippen LogP contribution is -2.26. The molecule has 4 nitrogen and oxygen atoms in total. The van der Waals surface area contributed by atoms with Gasteiger partial charge in [-0.25, -0.2) is 13.1 Å². The van der Waals surface area contributed by atoms with Crippen molar-refractivity contribution in [3.05, 3.63) is 17.0 Å². The molecule has 0 saturated heterocycles. The van der Waals surface area contributed by atoms with Gasteiger partial charge in [0, 0.05) is 23.5 Å². The predicted molar refractivity (Wildman–Crippen MR) is 72.1 cm³/mol. The molecule has 1 heterocycles. The van der Waals surface area contributed by atoms with Crippen LogP contribution in [-0.2, 0) is 16.6 Å². The van der Waals surface area contributed by atoms with Crippen molar-refractivity contribution < 1.29 is 8.42 Å². The first-order valence-electron chi connectivity index (χ1n) is 6.39. The monoisotopic (exact) mass is 286 g/mol. The van der Waals surface area contributed by atoms with Crippen molar-refractivity contribution in [2.45, 2.75) is 49.0 Å². The third-order valence-corrected chi connectivity index (χ3v) is 6.53. The van der Waals surface area contributed by atoms with Crippen molar-refractivity contribution in [1.82, 2.24) is 10.0 Å². The number of nitrogens with one attached hydrogen (secondary N) is 2. The van der Waals surface area contributed by atoms with E-state index in [1.54, 1.807) is 6.07 Å². The fourth-order valence-corrected chi connectivity index (χ4v) is 4.55. The molecule has 2 saturated carbocycles. The molecule has 1 aromatic rings. The highest BCUT2D eigenvalue weighted by molar-refractivity contribution is 7.91. The summed E-state index contributed by atoms with van der Waals surface area (Å²) in [6, 6.07) is 4.41. The van der Waals surface area contributed by atoms with Gasteiger partial charge >= 0.3 is 0 Å². The lowest BCUT2D eigenvalue weighted by atomic mass is 10.4. The first-order valence-corrected chi connectivity index (χ1v) is 8.69. The lowest BCUT2D eigenvalue weighted by Gasteiger charge is -2.02. The Bertz CT molecular complexity index is 534. The number of hydrogen-bond donors (Lipinski definition) is 2. The zero-order valence-corrected chi connectivity index (χ0v) is 12.0. The van der Waals surface area contributed by atoms with Gasteiger partial charge in [0.25, 0.3) is 0 Å². The van der Waals surface area contributed by atoms with Gasteiger partial charge in [-0.2, -0.15) is 0 Å². The Morgan fingerprint density at radius 2 is 2.11 bits per heavy atom. The van der Waals surface area contributed by atoms with E-state index in [0.717, 1.165) is 17.8 Å². The summed E-state index contributed by atoms with van der Waals surface area (Å²) in [7, 11) is -3.29. The molecule has 18 heavy (non-hydrogen) atoms. The normalized spacial score (nSPS) is 27.4. The lowest BCUT2D eigenvalue weighted by molar-refractivity contribution is 0.580. The molecular weight excluding hydrogens is 268 g/mol. The number of thiophene rings is 1. The van der Waals surface area contributed by atoms with Crippen molar-refractivity contribution >= 4 is 21.4 Å². The molecule has 2 atom stereocenters. The minimum atomic E-state index is -3.29. The number of sulfonamides is 1. The third-order valence-electron chi connectivity index (χ3n) is 3.46. The van der Waals surface area contributed by atoms with E-state index >= 15 is 0 Å². The molecule has 0 spiro atoms. The first-order chi connectivity index (χ1) is 8.54. The molecule has 0 aromatic carbocycles. The number of hydrogen-bond acceptors (Lipinski definition) is 4. The van der Waals surface area contributed by atoms with Crippen LogP contribution in [0.1, 0.15) is 31.1 Å². The topological polar surface area (TPSA) is 58.2 Å². The summed E-state index contributed by atoms with van der Waals surface area (Å²) >= 11 is 1.37. The second-order valence-corrected chi connectivity index (χ2v) is 8.43. The van der Waals surface area contributed by atoms with Crippen molar-refractivity contribution in [3.63, 3.8) is 0 Å². The summed E-state index contributed by atoms with van der Waals surface area (Å²) in [5.41, 5.74) is 0. The van der Waals surface area contributed by atoms with E-state index in [0.29, 0.717) is 16.2 Å². The summed E-state index contributed by atoms with van der Waals surface area (Å²) in [6.45, 7) is 2.84. The highest BCUT2D eigenvalue weighted by Gasteiger charge is 2.36. The molecule has 2 aliphatic carbocycles. The van der Waals surface area contributed by atoms with E-state index < -0.39 is 10.0 Å². The van der Waals surface area contributed by atoms with E-state index in [9.17, 15) is 8.42 Å². The Labute approximate surface area is 112 Å². The molecule has 2 unspecified atom stereocenters. The van der Waals surface area contributed by atoms with Crippen molar-refractivity contribution in [1.29, 1.82) is 0 Å². The molecule has 0 amide bonds. The minimum Gasteiger partial charge on any atom is -0.309 e. The smallest absolute Gasteiger partial charge is 0.250 e. The van der Waals surface area contributed by atoms with Gasteiger partial charge in [0.1, 0.15) is 4.21 Å². The van der Waals surface area contributed by atoms with Crippen molar-refractivity contribution in [2.24, 2.45) is 5.92 Å². The van der Waals surface area contributed by atoms with Gasteiger partial charge in [0.2, 0.25) is 10.0 Å². The largest absolute Gasteiger partial charge is 0.309 e.